The minimum absolute atomic E-state index is 0.0587. The van der Waals surface area contributed by atoms with Crippen molar-refractivity contribution in [3.05, 3.63) is 17.8 Å². The van der Waals surface area contributed by atoms with Gasteiger partial charge in [0.15, 0.2) is 0 Å². The van der Waals surface area contributed by atoms with Gasteiger partial charge >= 0.3 is 0 Å². The first kappa shape index (κ1) is 12.7. The van der Waals surface area contributed by atoms with Gasteiger partial charge in [-0.3, -0.25) is 4.79 Å². The first-order valence-electron chi connectivity index (χ1n) is 6.31. The third-order valence-electron chi connectivity index (χ3n) is 3.47. The van der Waals surface area contributed by atoms with Crippen LogP contribution in [0.25, 0.3) is 0 Å². The molecule has 2 rings (SSSR count). The summed E-state index contributed by atoms with van der Waals surface area (Å²) in [5, 5.41) is 2.72. The van der Waals surface area contributed by atoms with Crippen LogP contribution in [0.2, 0.25) is 0 Å². The number of hydrogen-bond donors (Lipinski definition) is 2. The Labute approximate surface area is 107 Å². The molecule has 1 amide bonds. The van der Waals surface area contributed by atoms with E-state index in [1.54, 1.807) is 7.05 Å². The van der Waals surface area contributed by atoms with Crippen LogP contribution < -0.4 is 16.0 Å². The molecule has 0 saturated carbocycles. The van der Waals surface area contributed by atoms with Crippen molar-refractivity contribution in [2.45, 2.75) is 19.8 Å². The smallest absolute Gasteiger partial charge is 0.224 e. The van der Waals surface area contributed by atoms with Crippen molar-refractivity contribution in [3.8, 4) is 0 Å². The molecule has 1 fully saturated rings. The summed E-state index contributed by atoms with van der Waals surface area (Å²) in [6.07, 6.45) is 1.97. The standard InChI is InChI=1S/C13H20N4O/c1-9-11(14)5-6-12(16-9)17-7-3-4-10(8-17)13(18)15-2/h5-6,10H,3-4,7-8,14H2,1-2H3,(H,15,18). The largest absolute Gasteiger partial charge is 0.397 e. The van der Waals surface area contributed by atoms with E-state index in [2.05, 4.69) is 15.2 Å². The Morgan fingerprint density at radius 3 is 3.00 bits per heavy atom. The molecule has 5 heteroatoms. The second-order valence-electron chi connectivity index (χ2n) is 4.74. The topological polar surface area (TPSA) is 71.2 Å². The van der Waals surface area contributed by atoms with Gasteiger partial charge in [0.1, 0.15) is 5.82 Å². The molecule has 98 valence electrons. The van der Waals surface area contributed by atoms with Gasteiger partial charge in [0.05, 0.1) is 17.3 Å². The van der Waals surface area contributed by atoms with Crippen LogP contribution in [0.4, 0.5) is 11.5 Å². The number of aryl methyl sites for hydroxylation is 1. The highest BCUT2D eigenvalue weighted by Gasteiger charge is 2.25. The van der Waals surface area contributed by atoms with Gasteiger partial charge in [-0.05, 0) is 31.9 Å². The molecular weight excluding hydrogens is 228 g/mol. The summed E-state index contributed by atoms with van der Waals surface area (Å²) in [7, 11) is 1.69. The SMILES string of the molecule is CNC(=O)C1CCCN(c2ccc(N)c(C)n2)C1. The molecule has 0 bridgehead atoms. The van der Waals surface area contributed by atoms with E-state index in [9.17, 15) is 4.79 Å². The third kappa shape index (κ3) is 2.55. The van der Waals surface area contributed by atoms with Crippen LogP contribution in [0.15, 0.2) is 12.1 Å². The lowest BCUT2D eigenvalue weighted by atomic mass is 9.97. The maximum absolute atomic E-state index is 11.7. The van der Waals surface area contributed by atoms with Gasteiger partial charge in [-0.1, -0.05) is 0 Å². The first-order valence-corrected chi connectivity index (χ1v) is 6.31. The van der Waals surface area contributed by atoms with Gasteiger partial charge in [0.25, 0.3) is 0 Å². The van der Waals surface area contributed by atoms with Crippen molar-refractivity contribution in [2.24, 2.45) is 5.92 Å². The van der Waals surface area contributed by atoms with Crippen LogP contribution in [-0.2, 0) is 4.79 Å². The van der Waals surface area contributed by atoms with Crippen LogP contribution in [0, 0.1) is 12.8 Å². The van der Waals surface area contributed by atoms with Gasteiger partial charge in [0, 0.05) is 20.1 Å². The highest BCUT2D eigenvalue weighted by Crippen LogP contribution is 2.23. The average molecular weight is 248 g/mol. The Balaban J connectivity index is 2.13. The monoisotopic (exact) mass is 248 g/mol. The normalized spacial score (nSPS) is 19.7. The molecule has 0 aliphatic carbocycles. The first-order chi connectivity index (χ1) is 8.61. The highest BCUT2D eigenvalue weighted by molar-refractivity contribution is 5.79. The molecule has 1 saturated heterocycles. The van der Waals surface area contributed by atoms with Crippen molar-refractivity contribution in [3.63, 3.8) is 0 Å². The molecule has 0 radical (unpaired) electrons. The fourth-order valence-corrected chi connectivity index (χ4v) is 2.34. The van der Waals surface area contributed by atoms with Gasteiger partial charge in [0.2, 0.25) is 5.91 Å². The van der Waals surface area contributed by atoms with Crippen LogP contribution in [0.3, 0.4) is 0 Å². The molecule has 2 heterocycles. The number of carbonyl (C=O) groups is 1. The van der Waals surface area contributed by atoms with Crippen LogP contribution >= 0.6 is 0 Å². The Bertz CT molecular complexity index is 447. The minimum Gasteiger partial charge on any atom is -0.397 e. The Morgan fingerprint density at radius 2 is 2.33 bits per heavy atom. The van der Waals surface area contributed by atoms with Crippen molar-refractivity contribution in [2.75, 3.05) is 30.8 Å². The molecule has 3 N–H and O–H groups in total. The number of nitrogens with one attached hydrogen (secondary N) is 1. The molecule has 0 spiro atoms. The van der Waals surface area contributed by atoms with E-state index >= 15 is 0 Å². The molecule has 1 aliphatic rings. The molecule has 1 atom stereocenters. The molecule has 1 aromatic rings. The third-order valence-corrected chi connectivity index (χ3v) is 3.47. The number of anilines is 2. The number of nitrogens with two attached hydrogens (primary N) is 1. The Morgan fingerprint density at radius 1 is 1.56 bits per heavy atom. The summed E-state index contributed by atoms with van der Waals surface area (Å²) < 4.78 is 0. The maximum Gasteiger partial charge on any atom is 0.224 e. The fraction of sp³-hybridized carbons (Fsp3) is 0.538. The lowest BCUT2D eigenvalue weighted by Gasteiger charge is -2.32. The molecule has 1 aliphatic heterocycles. The van der Waals surface area contributed by atoms with E-state index in [-0.39, 0.29) is 11.8 Å². The van der Waals surface area contributed by atoms with Gasteiger partial charge in [-0.15, -0.1) is 0 Å². The number of carbonyl (C=O) groups excluding carboxylic acids is 1. The number of rotatable bonds is 2. The average Bonchev–Trinajstić information content (AvgIpc) is 2.41. The molecule has 0 aromatic carbocycles. The Hall–Kier alpha value is -1.78. The van der Waals surface area contributed by atoms with Crippen molar-refractivity contribution in [1.82, 2.24) is 10.3 Å². The lowest BCUT2D eigenvalue weighted by Crippen LogP contribution is -2.42. The predicted molar refractivity (Wildman–Crippen MR) is 72.4 cm³/mol. The van der Waals surface area contributed by atoms with E-state index in [4.69, 9.17) is 5.73 Å². The molecule has 1 aromatic heterocycles. The zero-order chi connectivity index (χ0) is 13.1. The number of hydrogen-bond acceptors (Lipinski definition) is 4. The van der Waals surface area contributed by atoms with Crippen molar-refractivity contribution in [1.29, 1.82) is 0 Å². The Kier molecular flexibility index (Phi) is 3.69. The second-order valence-corrected chi connectivity index (χ2v) is 4.74. The van der Waals surface area contributed by atoms with Gasteiger partial charge in [-0.2, -0.15) is 0 Å². The fourth-order valence-electron chi connectivity index (χ4n) is 2.34. The summed E-state index contributed by atoms with van der Waals surface area (Å²) in [6.45, 7) is 3.58. The van der Waals surface area contributed by atoms with Gasteiger partial charge in [-0.25, -0.2) is 4.98 Å². The van der Waals surface area contributed by atoms with Crippen LogP contribution in [0.5, 0.6) is 0 Å². The summed E-state index contributed by atoms with van der Waals surface area (Å²) >= 11 is 0. The van der Waals surface area contributed by atoms with Gasteiger partial charge < -0.3 is 16.0 Å². The number of aromatic nitrogens is 1. The summed E-state index contributed by atoms with van der Waals surface area (Å²) in [5.41, 5.74) is 7.32. The number of amides is 1. The number of piperidine rings is 1. The van der Waals surface area contributed by atoms with E-state index < -0.39 is 0 Å². The zero-order valence-corrected chi connectivity index (χ0v) is 10.9. The molecule has 1 unspecified atom stereocenters. The van der Waals surface area contributed by atoms with E-state index in [0.29, 0.717) is 5.69 Å². The summed E-state index contributed by atoms with van der Waals surface area (Å²) in [6, 6.07) is 3.80. The van der Waals surface area contributed by atoms with E-state index in [0.717, 1.165) is 37.4 Å². The predicted octanol–water partition coefficient (Wildman–Crippen LogP) is 0.935. The number of pyridine rings is 1. The molecule has 5 nitrogen and oxygen atoms in total. The molecular formula is C13H20N4O. The van der Waals surface area contributed by atoms with Crippen LogP contribution in [-0.4, -0.2) is 31.0 Å². The summed E-state index contributed by atoms with van der Waals surface area (Å²) in [4.78, 5) is 18.3. The second kappa shape index (κ2) is 5.25. The van der Waals surface area contributed by atoms with Crippen molar-refractivity contribution < 1.29 is 4.79 Å². The lowest BCUT2D eigenvalue weighted by molar-refractivity contribution is -0.124. The van der Waals surface area contributed by atoms with E-state index in [1.165, 1.54) is 0 Å². The van der Waals surface area contributed by atoms with Crippen LogP contribution in [0.1, 0.15) is 18.5 Å². The maximum atomic E-state index is 11.7. The number of nitrogens with zero attached hydrogens (tertiary/aromatic N) is 2. The minimum atomic E-state index is 0.0587. The van der Waals surface area contributed by atoms with Crippen molar-refractivity contribution >= 4 is 17.4 Å². The van der Waals surface area contributed by atoms with E-state index in [1.807, 2.05) is 19.1 Å². The number of nitrogen functional groups attached to an aromatic ring is 1. The molecule has 18 heavy (non-hydrogen) atoms. The zero-order valence-electron chi connectivity index (χ0n) is 10.9. The summed E-state index contributed by atoms with van der Waals surface area (Å²) in [5.74, 6) is 1.09. The quantitative estimate of drug-likeness (QED) is 0.817. The highest BCUT2D eigenvalue weighted by atomic mass is 16.1.